The van der Waals surface area contributed by atoms with Gasteiger partial charge in [0.1, 0.15) is 5.75 Å². The predicted molar refractivity (Wildman–Crippen MR) is 109 cm³/mol. The Morgan fingerprint density at radius 1 is 0.724 bits per heavy atom. The van der Waals surface area contributed by atoms with Crippen LogP contribution in [0.1, 0.15) is 10.4 Å². The fourth-order valence-corrected chi connectivity index (χ4v) is 2.88. The molecule has 0 aliphatic carbocycles. The number of hydrogen-bond donors (Lipinski definition) is 1. The number of benzene rings is 3. The van der Waals surface area contributed by atoms with Gasteiger partial charge in [-0.2, -0.15) is 0 Å². The minimum absolute atomic E-state index is 0.0877. The Morgan fingerprint density at radius 3 is 1.90 bits per heavy atom. The summed E-state index contributed by atoms with van der Waals surface area (Å²) in [5.74, 6) is 0.972. The third-order valence-corrected chi connectivity index (χ3v) is 4.38. The molecule has 6 heteroatoms. The number of rotatable bonds is 4. The van der Waals surface area contributed by atoms with Crippen molar-refractivity contribution in [3.63, 3.8) is 0 Å². The van der Waals surface area contributed by atoms with Gasteiger partial charge >= 0.3 is 5.97 Å². The van der Waals surface area contributed by atoms with Gasteiger partial charge < -0.3 is 9.84 Å². The second kappa shape index (κ2) is 7.90. The Labute approximate surface area is 167 Å². The van der Waals surface area contributed by atoms with E-state index < -0.39 is 5.97 Å². The quantitative estimate of drug-likeness (QED) is 0.527. The summed E-state index contributed by atoms with van der Waals surface area (Å²) in [6, 6.07) is 23.3. The van der Waals surface area contributed by atoms with Crippen molar-refractivity contribution in [3.8, 4) is 39.9 Å². The summed E-state index contributed by atoms with van der Waals surface area (Å²) in [7, 11) is 1.34. The van der Waals surface area contributed by atoms with Crippen molar-refractivity contribution in [2.75, 3.05) is 7.11 Å². The zero-order valence-corrected chi connectivity index (χ0v) is 15.6. The van der Waals surface area contributed by atoms with Crippen LogP contribution >= 0.6 is 0 Å². The zero-order chi connectivity index (χ0) is 20.2. The van der Waals surface area contributed by atoms with E-state index in [9.17, 15) is 9.90 Å². The maximum absolute atomic E-state index is 11.7. The standard InChI is InChI=1S/C23H17N3O3/c1-29-23(28)17-13-11-16(12-14-17)21-24-20(15-7-3-2-4-8-15)25-22(26-21)18-9-5-6-10-19(18)27/h2-14,27H,1H3. The van der Waals surface area contributed by atoms with Crippen LogP contribution in [0, 0.1) is 0 Å². The molecule has 0 amide bonds. The molecule has 0 unspecified atom stereocenters. The second-order valence-electron chi connectivity index (χ2n) is 6.26. The van der Waals surface area contributed by atoms with E-state index in [-0.39, 0.29) is 5.75 Å². The number of methoxy groups -OCH3 is 1. The van der Waals surface area contributed by atoms with Crippen molar-refractivity contribution in [1.82, 2.24) is 15.0 Å². The first-order chi connectivity index (χ1) is 14.2. The number of phenols is 1. The number of aromatic nitrogens is 3. The molecule has 0 aliphatic rings. The van der Waals surface area contributed by atoms with Gasteiger partial charge in [-0.1, -0.05) is 54.6 Å². The molecule has 1 N–H and O–H groups in total. The first-order valence-corrected chi connectivity index (χ1v) is 8.94. The number of nitrogens with zero attached hydrogens (tertiary/aromatic N) is 3. The number of ether oxygens (including phenoxy) is 1. The molecule has 0 aliphatic heterocycles. The van der Waals surface area contributed by atoms with E-state index in [0.717, 1.165) is 5.56 Å². The highest BCUT2D eigenvalue weighted by Crippen LogP contribution is 2.29. The van der Waals surface area contributed by atoms with Crippen molar-refractivity contribution < 1.29 is 14.6 Å². The Hall–Kier alpha value is -4.06. The van der Waals surface area contributed by atoms with E-state index in [2.05, 4.69) is 15.0 Å². The lowest BCUT2D eigenvalue weighted by Gasteiger charge is -2.09. The molecule has 0 saturated carbocycles. The average Bonchev–Trinajstić information content (AvgIpc) is 2.79. The van der Waals surface area contributed by atoms with Crippen molar-refractivity contribution in [1.29, 1.82) is 0 Å². The molecule has 0 saturated heterocycles. The smallest absolute Gasteiger partial charge is 0.337 e. The minimum Gasteiger partial charge on any atom is -0.507 e. The van der Waals surface area contributed by atoms with Crippen LogP contribution in [-0.4, -0.2) is 33.1 Å². The largest absolute Gasteiger partial charge is 0.507 e. The lowest BCUT2D eigenvalue weighted by Crippen LogP contribution is -2.02. The Kier molecular flexibility index (Phi) is 4.99. The van der Waals surface area contributed by atoms with Crippen LogP contribution in [-0.2, 0) is 4.74 Å². The lowest BCUT2D eigenvalue weighted by atomic mass is 10.1. The fourth-order valence-electron chi connectivity index (χ4n) is 2.88. The van der Waals surface area contributed by atoms with Gasteiger partial charge in [-0.3, -0.25) is 0 Å². The highest BCUT2D eigenvalue weighted by Gasteiger charge is 2.14. The van der Waals surface area contributed by atoms with E-state index in [0.29, 0.717) is 34.2 Å². The van der Waals surface area contributed by atoms with E-state index in [1.165, 1.54) is 7.11 Å². The monoisotopic (exact) mass is 383 g/mol. The molecule has 29 heavy (non-hydrogen) atoms. The summed E-state index contributed by atoms with van der Waals surface area (Å²) in [5.41, 5.74) is 2.50. The van der Waals surface area contributed by atoms with Crippen LogP contribution in [0.3, 0.4) is 0 Å². The molecule has 1 heterocycles. The molecule has 1 aromatic heterocycles. The highest BCUT2D eigenvalue weighted by atomic mass is 16.5. The Balaban J connectivity index is 1.86. The third-order valence-electron chi connectivity index (χ3n) is 4.38. The van der Waals surface area contributed by atoms with Crippen molar-refractivity contribution >= 4 is 5.97 Å². The maximum atomic E-state index is 11.7. The molecule has 0 bridgehead atoms. The molecule has 4 aromatic rings. The summed E-state index contributed by atoms with van der Waals surface area (Å²) >= 11 is 0. The van der Waals surface area contributed by atoms with Gasteiger partial charge in [-0.25, -0.2) is 19.7 Å². The molecule has 142 valence electrons. The summed E-state index contributed by atoms with van der Waals surface area (Å²) in [6.07, 6.45) is 0. The molecule has 0 radical (unpaired) electrons. The van der Waals surface area contributed by atoms with Gasteiger partial charge in [-0.05, 0) is 24.3 Å². The summed E-state index contributed by atoms with van der Waals surface area (Å²) in [4.78, 5) is 25.4. The van der Waals surface area contributed by atoms with Crippen molar-refractivity contribution in [3.05, 3.63) is 84.4 Å². The number of phenolic OH excluding ortho intramolecular Hbond substituents is 1. The topological polar surface area (TPSA) is 85.2 Å². The molecule has 0 spiro atoms. The van der Waals surface area contributed by atoms with E-state index in [1.807, 2.05) is 36.4 Å². The van der Waals surface area contributed by atoms with Crippen LogP contribution in [0.25, 0.3) is 34.2 Å². The lowest BCUT2D eigenvalue weighted by molar-refractivity contribution is 0.0600. The Morgan fingerprint density at radius 2 is 1.28 bits per heavy atom. The van der Waals surface area contributed by atoms with Crippen LogP contribution in [0.5, 0.6) is 5.75 Å². The number of carbonyl (C=O) groups is 1. The molecule has 3 aromatic carbocycles. The molecule has 0 atom stereocenters. The second-order valence-corrected chi connectivity index (χ2v) is 6.26. The van der Waals surface area contributed by atoms with Crippen LogP contribution in [0.15, 0.2) is 78.9 Å². The van der Waals surface area contributed by atoms with Gasteiger partial charge in [0.15, 0.2) is 17.5 Å². The van der Waals surface area contributed by atoms with Gasteiger partial charge in [0.05, 0.1) is 18.2 Å². The van der Waals surface area contributed by atoms with E-state index in [4.69, 9.17) is 4.74 Å². The number of para-hydroxylation sites is 1. The first kappa shape index (κ1) is 18.3. The number of esters is 1. The number of carbonyl (C=O) groups excluding carboxylic acids is 1. The van der Waals surface area contributed by atoms with Crippen LogP contribution < -0.4 is 0 Å². The van der Waals surface area contributed by atoms with E-state index in [1.54, 1.807) is 42.5 Å². The van der Waals surface area contributed by atoms with Gasteiger partial charge in [0.25, 0.3) is 0 Å². The summed E-state index contributed by atoms with van der Waals surface area (Å²) < 4.78 is 4.74. The highest BCUT2D eigenvalue weighted by molar-refractivity contribution is 5.89. The molecule has 0 fully saturated rings. The Bertz CT molecular complexity index is 1160. The molecular formula is C23H17N3O3. The van der Waals surface area contributed by atoms with Crippen LogP contribution in [0.2, 0.25) is 0 Å². The van der Waals surface area contributed by atoms with Crippen molar-refractivity contribution in [2.24, 2.45) is 0 Å². The molecule has 6 nitrogen and oxygen atoms in total. The van der Waals surface area contributed by atoms with Crippen molar-refractivity contribution in [2.45, 2.75) is 0 Å². The average molecular weight is 383 g/mol. The van der Waals surface area contributed by atoms with E-state index >= 15 is 0 Å². The summed E-state index contributed by atoms with van der Waals surface area (Å²) in [5, 5.41) is 10.3. The van der Waals surface area contributed by atoms with Crippen LogP contribution in [0.4, 0.5) is 0 Å². The van der Waals surface area contributed by atoms with Gasteiger partial charge in [0.2, 0.25) is 0 Å². The van der Waals surface area contributed by atoms with Gasteiger partial charge in [0, 0.05) is 11.1 Å². The number of aromatic hydroxyl groups is 1. The minimum atomic E-state index is -0.410. The zero-order valence-electron chi connectivity index (χ0n) is 15.6. The number of hydrogen-bond acceptors (Lipinski definition) is 6. The normalized spacial score (nSPS) is 10.5. The maximum Gasteiger partial charge on any atom is 0.337 e. The van der Waals surface area contributed by atoms with Gasteiger partial charge in [-0.15, -0.1) is 0 Å². The third kappa shape index (κ3) is 3.82. The SMILES string of the molecule is COC(=O)c1ccc(-c2nc(-c3ccccc3)nc(-c3ccccc3O)n2)cc1. The fraction of sp³-hybridized carbons (Fsp3) is 0.0435. The summed E-state index contributed by atoms with van der Waals surface area (Å²) in [6.45, 7) is 0. The first-order valence-electron chi connectivity index (χ1n) is 8.94. The predicted octanol–water partition coefficient (Wildman–Crippen LogP) is 4.36. The molecular weight excluding hydrogens is 366 g/mol. The molecule has 4 rings (SSSR count).